The minimum atomic E-state index is -0.128. The molecule has 1 aliphatic carbocycles. The summed E-state index contributed by atoms with van der Waals surface area (Å²) in [7, 11) is 4.82. The van der Waals surface area contributed by atoms with Crippen LogP contribution in [0.5, 0.6) is 23.0 Å². The van der Waals surface area contributed by atoms with Crippen molar-refractivity contribution in [1.82, 2.24) is 0 Å². The number of aromatic hydroxyl groups is 1. The highest BCUT2D eigenvalue weighted by molar-refractivity contribution is 5.96. The van der Waals surface area contributed by atoms with E-state index < -0.39 is 0 Å². The molecule has 2 aliphatic rings. The van der Waals surface area contributed by atoms with Crippen molar-refractivity contribution >= 4 is 11.5 Å². The van der Waals surface area contributed by atoms with Crippen molar-refractivity contribution in [3.63, 3.8) is 0 Å². The fourth-order valence-corrected chi connectivity index (χ4v) is 6.37. The third-order valence-corrected chi connectivity index (χ3v) is 8.09. The maximum atomic E-state index is 10.9. The molecule has 1 heterocycles. The standard InChI is InChI=1S/C32H31N3O4/c1-37-26-9-6-10-27(38-2)30(26)20-15-25(36)28(39-3)16-21(20)31-23-13-17-7-4-5-8-19(17)29(23)22-14-18(32(33)34)11-12-24(22)35-31/h4-12,14-16,23,29,31,35-36H,13H2,1-3H3,(H3,33,34). The van der Waals surface area contributed by atoms with Gasteiger partial charge in [0.15, 0.2) is 11.5 Å². The van der Waals surface area contributed by atoms with Gasteiger partial charge in [0.1, 0.15) is 17.3 Å². The second kappa shape index (κ2) is 9.58. The number of hydrogen-bond donors (Lipinski definition) is 4. The molecule has 6 rings (SSSR count). The van der Waals surface area contributed by atoms with Crippen molar-refractivity contribution in [2.24, 2.45) is 11.7 Å². The second-order valence-electron chi connectivity index (χ2n) is 10.0. The lowest BCUT2D eigenvalue weighted by molar-refractivity contribution is 0.370. The molecule has 0 amide bonds. The molecule has 0 saturated heterocycles. The lowest BCUT2D eigenvalue weighted by atomic mass is 9.74. The molecule has 198 valence electrons. The van der Waals surface area contributed by atoms with Crippen LogP contribution in [-0.2, 0) is 6.42 Å². The third-order valence-electron chi connectivity index (χ3n) is 8.09. The summed E-state index contributed by atoms with van der Waals surface area (Å²) in [6.07, 6.45) is 0.869. The van der Waals surface area contributed by atoms with Crippen molar-refractivity contribution in [2.45, 2.75) is 18.4 Å². The summed E-state index contributed by atoms with van der Waals surface area (Å²) in [5, 5.41) is 22.7. The van der Waals surface area contributed by atoms with E-state index in [1.165, 1.54) is 11.1 Å². The van der Waals surface area contributed by atoms with Gasteiger partial charge in [0.2, 0.25) is 0 Å². The highest BCUT2D eigenvalue weighted by Gasteiger charge is 2.44. The smallest absolute Gasteiger partial charge is 0.160 e. The summed E-state index contributed by atoms with van der Waals surface area (Å²) in [6, 6.07) is 23.7. The van der Waals surface area contributed by atoms with E-state index in [2.05, 4.69) is 29.6 Å². The van der Waals surface area contributed by atoms with Crippen LogP contribution in [0.15, 0.2) is 72.8 Å². The first-order valence-electron chi connectivity index (χ1n) is 12.9. The number of benzene rings is 4. The Morgan fingerprint density at radius 2 is 1.56 bits per heavy atom. The number of rotatable bonds is 6. The van der Waals surface area contributed by atoms with E-state index in [0.717, 1.165) is 34.4 Å². The first kappa shape index (κ1) is 24.7. The zero-order chi connectivity index (χ0) is 27.3. The van der Waals surface area contributed by atoms with Gasteiger partial charge in [-0.25, -0.2) is 0 Å². The van der Waals surface area contributed by atoms with E-state index in [4.69, 9.17) is 25.4 Å². The Hall–Kier alpha value is -4.65. The molecule has 4 aromatic carbocycles. The Labute approximate surface area is 227 Å². The quantitative estimate of drug-likeness (QED) is 0.187. The van der Waals surface area contributed by atoms with E-state index in [1.807, 2.05) is 42.5 Å². The maximum Gasteiger partial charge on any atom is 0.160 e. The number of amidine groups is 1. The van der Waals surface area contributed by atoms with E-state index in [1.54, 1.807) is 27.4 Å². The van der Waals surface area contributed by atoms with Gasteiger partial charge in [0.05, 0.1) is 32.9 Å². The molecule has 4 aromatic rings. The molecule has 0 bridgehead atoms. The first-order chi connectivity index (χ1) is 18.9. The van der Waals surface area contributed by atoms with Crippen LogP contribution in [0.25, 0.3) is 11.1 Å². The predicted molar refractivity (Wildman–Crippen MR) is 152 cm³/mol. The fourth-order valence-electron chi connectivity index (χ4n) is 6.37. The molecule has 5 N–H and O–H groups in total. The Bertz CT molecular complexity index is 1580. The topological polar surface area (TPSA) is 110 Å². The van der Waals surface area contributed by atoms with Crippen LogP contribution < -0.4 is 25.3 Å². The minimum Gasteiger partial charge on any atom is -0.504 e. The fraction of sp³-hybridized carbons (Fsp3) is 0.219. The molecule has 0 fully saturated rings. The summed E-state index contributed by atoms with van der Waals surface area (Å²) in [5.74, 6) is 2.05. The van der Waals surface area contributed by atoms with Crippen molar-refractivity contribution in [2.75, 3.05) is 26.6 Å². The number of phenolic OH excluding ortho intramolecular Hbond substituents is 1. The Morgan fingerprint density at radius 3 is 2.26 bits per heavy atom. The Morgan fingerprint density at radius 1 is 0.846 bits per heavy atom. The van der Waals surface area contributed by atoms with E-state index in [9.17, 15) is 5.11 Å². The number of ether oxygens (including phenoxy) is 3. The molecule has 3 unspecified atom stereocenters. The lowest BCUT2D eigenvalue weighted by Crippen LogP contribution is -2.31. The highest BCUT2D eigenvalue weighted by Crippen LogP contribution is 2.56. The average Bonchev–Trinajstić information content (AvgIpc) is 3.36. The number of nitrogens with one attached hydrogen (secondary N) is 2. The number of phenols is 1. The van der Waals surface area contributed by atoms with Crippen molar-refractivity contribution < 1.29 is 19.3 Å². The molecule has 7 nitrogen and oxygen atoms in total. The van der Waals surface area contributed by atoms with E-state index in [-0.39, 0.29) is 29.5 Å². The maximum absolute atomic E-state index is 10.9. The number of nitrogen functional groups attached to an aromatic ring is 1. The monoisotopic (exact) mass is 521 g/mol. The van der Waals surface area contributed by atoms with Gasteiger partial charge in [0, 0.05) is 17.2 Å². The summed E-state index contributed by atoms with van der Waals surface area (Å²) < 4.78 is 17.1. The molecule has 0 spiro atoms. The van der Waals surface area contributed by atoms with Crippen LogP contribution in [0.4, 0.5) is 5.69 Å². The van der Waals surface area contributed by atoms with Gasteiger partial charge in [-0.1, -0.05) is 30.3 Å². The number of fused-ring (bicyclic) bond motifs is 5. The van der Waals surface area contributed by atoms with Crippen LogP contribution >= 0.6 is 0 Å². The number of hydrogen-bond acceptors (Lipinski definition) is 6. The summed E-state index contributed by atoms with van der Waals surface area (Å²) in [6.45, 7) is 0. The molecular weight excluding hydrogens is 490 g/mol. The second-order valence-corrected chi connectivity index (χ2v) is 10.0. The summed E-state index contributed by atoms with van der Waals surface area (Å²) in [5.41, 5.74) is 13.9. The van der Waals surface area contributed by atoms with Gasteiger partial charge < -0.3 is 30.4 Å². The van der Waals surface area contributed by atoms with Crippen molar-refractivity contribution in [3.05, 3.63) is 101 Å². The van der Waals surface area contributed by atoms with Gasteiger partial charge >= 0.3 is 0 Å². The van der Waals surface area contributed by atoms with Crippen LogP contribution in [0.3, 0.4) is 0 Å². The zero-order valence-corrected chi connectivity index (χ0v) is 22.1. The van der Waals surface area contributed by atoms with Crippen LogP contribution in [-0.4, -0.2) is 32.3 Å². The van der Waals surface area contributed by atoms with Crippen molar-refractivity contribution in [3.8, 4) is 34.1 Å². The summed E-state index contributed by atoms with van der Waals surface area (Å²) in [4.78, 5) is 0. The average molecular weight is 522 g/mol. The Balaban J connectivity index is 1.60. The van der Waals surface area contributed by atoms with Crippen LogP contribution in [0.2, 0.25) is 0 Å². The molecule has 7 heteroatoms. The van der Waals surface area contributed by atoms with Crippen molar-refractivity contribution in [1.29, 1.82) is 5.41 Å². The van der Waals surface area contributed by atoms with Gasteiger partial charge in [-0.2, -0.15) is 0 Å². The SMILES string of the molecule is COc1cc(C2Nc3ccc(C(=N)N)cc3C3c4ccccc4CC23)c(-c2c(OC)cccc2OC)cc1O. The van der Waals surface area contributed by atoms with Crippen LogP contribution in [0, 0.1) is 11.3 Å². The first-order valence-corrected chi connectivity index (χ1v) is 12.9. The van der Waals surface area contributed by atoms with E-state index >= 15 is 0 Å². The normalized spacial score (nSPS) is 18.8. The molecule has 0 radical (unpaired) electrons. The zero-order valence-electron chi connectivity index (χ0n) is 22.1. The molecule has 1 aliphatic heterocycles. The molecule has 39 heavy (non-hydrogen) atoms. The largest absolute Gasteiger partial charge is 0.504 e. The Kier molecular flexibility index (Phi) is 6.06. The number of anilines is 1. The lowest BCUT2D eigenvalue weighted by Gasteiger charge is -2.39. The van der Waals surface area contributed by atoms with E-state index in [0.29, 0.717) is 22.8 Å². The van der Waals surface area contributed by atoms with Gasteiger partial charge in [-0.3, -0.25) is 5.41 Å². The van der Waals surface area contributed by atoms with Gasteiger partial charge in [-0.05, 0) is 82.6 Å². The third kappa shape index (κ3) is 3.93. The summed E-state index contributed by atoms with van der Waals surface area (Å²) >= 11 is 0. The molecule has 0 saturated carbocycles. The molecular formula is C32H31N3O4. The molecule has 3 atom stereocenters. The van der Waals surface area contributed by atoms with Crippen LogP contribution in [0.1, 0.15) is 39.8 Å². The van der Waals surface area contributed by atoms with Gasteiger partial charge in [0.25, 0.3) is 0 Å². The number of nitrogens with two attached hydrogens (primary N) is 1. The van der Waals surface area contributed by atoms with Gasteiger partial charge in [-0.15, -0.1) is 0 Å². The highest BCUT2D eigenvalue weighted by atomic mass is 16.5. The number of methoxy groups -OCH3 is 3. The minimum absolute atomic E-state index is 0.0396. The predicted octanol–water partition coefficient (Wildman–Crippen LogP) is 5.84. The molecule has 0 aromatic heterocycles.